The number of benzene rings is 2. The number of hydrogen-bond acceptors (Lipinski definition) is 4. The van der Waals surface area contributed by atoms with Gasteiger partial charge in [0.05, 0.1) is 17.1 Å². The largest absolute Gasteiger partial charge is 0.491 e. The average molecular weight is 379 g/mol. The fourth-order valence-electron chi connectivity index (χ4n) is 3.53. The maximum Gasteiger partial charge on any atom is 0.251 e. The maximum atomic E-state index is 12.4. The Kier molecular flexibility index (Phi) is 5.58. The number of nitrogens with one attached hydrogen (secondary N) is 1. The monoisotopic (exact) mass is 379 g/mol. The van der Waals surface area contributed by atoms with Gasteiger partial charge in [-0.2, -0.15) is 0 Å². The minimum absolute atomic E-state index is 0.0900. The van der Waals surface area contributed by atoms with Crippen molar-refractivity contribution >= 4 is 16.9 Å². The van der Waals surface area contributed by atoms with Crippen molar-refractivity contribution in [3.8, 4) is 5.75 Å². The number of carbonyl (C=O) groups excluding carboxylic acids is 1. The van der Waals surface area contributed by atoms with Crippen LogP contribution in [0.4, 0.5) is 0 Å². The zero-order valence-electron chi connectivity index (χ0n) is 16.1. The fourth-order valence-corrected chi connectivity index (χ4v) is 3.53. The molecule has 4 rings (SSSR count). The van der Waals surface area contributed by atoms with E-state index in [1.54, 1.807) is 12.1 Å². The highest BCUT2D eigenvalue weighted by Gasteiger charge is 2.16. The Morgan fingerprint density at radius 3 is 2.86 bits per heavy atom. The number of carbonyl (C=O) groups is 1. The number of fused-ring (bicyclic) bond motifs is 1. The first-order valence-corrected chi connectivity index (χ1v) is 9.75. The van der Waals surface area contributed by atoms with E-state index < -0.39 is 0 Å². The summed E-state index contributed by atoms with van der Waals surface area (Å²) in [5.41, 5.74) is 2.68. The molecule has 2 heterocycles. The smallest absolute Gasteiger partial charge is 0.251 e. The molecule has 1 fully saturated rings. The van der Waals surface area contributed by atoms with Gasteiger partial charge in [0.15, 0.2) is 0 Å². The van der Waals surface area contributed by atoms with Gasteiger partial charge in [-0.25, -0.2) is 4.98 Å². The second-order valence-electron chi connectivity index (χ2n) is 7.03. The molecule has 0 aliphatic carbocycles. The number of amides is 1. The van der Waals surface area contributed by atoms with E-state index in [0.717, 1.165) is 42.1 Å². The van der Waals surface area contributed by atoms with Gasteiger partial charge < -0.3 is 19.4 Å². The Hall–Kier alpha value is -2.86. The topological polar surface area (TPSA) is 65.4 Å². The van der Waals surface area contributed by atoms with Crippen molar-refractivity contribution in [1.82, 2.24) is 14.9 Å². The van der Waals surface area contributed by atoms with Crippen LogP contribution in [0.15, 0.2) is 48.5 Å². The molecule has 1 atom stereocenters. The molecule has 2 aromatic carbocycles. The summed E-state index contributed by atoms with van der Waals surface area (Å²) >= 11 is 0. The molecular weight excluding hydrogens is 354 g/mol. The van der Waals surface area contributed by atoms with Crippen LogP contribution in [0.2, 0.25) is 0 Å². The fraction of sp³-hybridized carbons (Fsp3) is 0.364. The minimum Gasteiger partial charge on any atom is -0.491 e. The molecule has 1 aliphatic rings. The number of aromatic nitrogens is 2. The van der Waals surface area contributed by atoms with E-state index in [1.807, 2.05) is 43.3 Å². The third kappa shape index (κ3) is 4.17. The van der Waals surface area contributed by atoms with Crippen LogP contribution in [0, 0.1) is 6.92 Å². The van der Waals surface area contributed by atoms with E-state index in [-0.39, 0.29) is 12.0 Å². The quantitative estimate of drug-likeness (QED) is 0.684. The number of aryl methyl sites for hydroxylation is 1. The second-order valence-corrected chi connectivity index (χ2v) is 7.03. The number of ether oxygens (including phenoxy) is 2. The Morgan fingerprint density at radius 1 is 1.25 bits per heavy atom. The summed E-state index contributed by atoms with van der Waals surface area (Å²) in [7, 11) is 0. The third-order valence-electron chi connectivity index (χ3n) is 5.04. The van der Waals surface area contributed by atoms with E-state index in [1.165, 1.54) is 0 Å². The summed E-state index contributed by atoms with van der Waals surface area (Å²) in [5.74, 6) is 1.61. The van der Waals surface area contributed by atoms with Crippen molar-refractivity contribution in [2.75, 3.05) is 19.8 Å². The average Bonchev–Trinajstić information content (AvgIpc) is 3.34. The van der Waals surface area contributed by atoms with Crippen molar-refractivity contribution in [2.24, 2.45) is 0 Å². The number of para-hydroxylation sites is 2. The summed E-state index contributed by atoms with van der Waals surface area (Å²) in [4.78, 5) is 17.0. The number of hydrogen-bond donors (Lipinski definition) is 1. The first kappa shape index (κ1) is 18.5. The van der Waals surface area contributed by atoms with Gasteiger partial charge >= 0.3 is 0 Å². The van der Waals surface area contributed by atoms with Gasteiger partial charge in [0.1, 0.15) is 18.2 Å². The number of rotatable bonds is 7. The van der Waals surface area contributed by atoms with Gasteiger partial charge in [-0.05, 0) is 56.2 Å². The predicted octanol–water partition coefficient (Wildman–Crippen LogP) is 3.33. The second kappa shape index (κ2) is 8.44. The molecule has 1 amide bonds. The molecule has 0 bridgehead atoms. The molecule has 1 saturated heterocycles. The Bertz CT molecular complexity index is 943. The molecule has 0 saturated carbocycles. The van der Waals surface area contributed by atoms with Crippen molar-refractivity contribution < 1.29 is 14.3 Å². The number of imidazole rings is 1. The normalized spacial score (nSPS) is 16.4. The van der Waals surface area contributed by atoms with Crippen molar-refractivity contribution in [3.63, 3.8) is 0 Å². The molecule has 0 spiro atoms. The Morgan fingerprint density at radius 2 is 2.07 bits per heavy atom. The summed E-state index contributed by atoms with van der Waals surface area (Å²) < 4.78 is 13.4. The molecule has 28 heavy (non-hydrogen) atoms. The molecule has 6 nitrogen and oxygen atoms in total. The lowest BCUT2D eigenvalue weighted by Crippen LogP contribution is -2.27. The van der Waals surface area contributed by atoms with Crippen LogP contribution in [0.25, 0.3) is 11.0 Å². The molecule has 1 N–H and O–H groups in total. The maximum absolute atomic E-state index is 12.4. The first-order valence-electron chi connectivity index (χ1n) is 9.75. The van der Waals surface area contributed by atoms with E-state index in [0.29, 0.717) is 25.3 Å². The summed E-state index contributed by atoms with van der Waals surface area (Å²) in [6.07, 6.45) is 2.33. The van der Waals surface area contributed by atoms with Crippen molar-refractivity contribution in [3.05, 3.63) is 59.9 Å². The van der Waals surface area contributed by atoms with Gasteiger partial charge in [0, 0.05) is 25.3 Å². The summed E-state index contributed by atoms with van der Waals surface area (Å²) in [6, 6.07) is 15.3. The highest BCUT2D eigenvalue weighted by atomic mass is 16.5. The van der Waals surface area contributed by atoms with Crippen LogP contribution in [0.1, 0.15) is 29.0 Å². The van der Waals surface area contributed by atoms with Gasteiger partial charge in [0.25, 0.3) is 5.91 Å². The van der Waals surface area contributed by atoms with Gasteiger partial charge in [-0.1, -0.05) is 12.1 Å². The van der Waals surface area contributed by atoms with Gasteiger partial charge in [-0.3, -0.25) is 4.79 Å². The molecule has 1 unspecified atom stereocenters. The SMILES string of the molecule is Cc1nc2ccccc2n1CCNC(=O)c1ccc(OCC2CCCO2)cc1. The third-order valence-corrected chi connectivity index (χ3v) is 5.04. The van der Waals surface area contributed by atoms with Crippen LogP contribution >= 0.6 is 0 Å². The predicted molar refractivity (Wildman–Crippen MR) is 108 cm³/mol. The molecule has 0 radical (unpaired) electrons. The molecule has 3 aromatic rings. The highest BCUT2D eigenvalue weighted by Crippen LogP contribution is 2.17. The molecular formula is C22H25N3O3. The van der Waals surface area contributed by atoms with Crippen LogP contribution in [0.5, 0.6) is 5.75 Å². The lowest BCUT2D eigenvalue weighted by Gasteiger charge is -2.12. The zero-order valence-corrected chi connectivity index (χ0v) is 16.1. The molecule has 146 valence electrons. The molecule has 1 aromatic heterocycles. The first-order chi connectivity index (χ1) is 13.7. The molecule has 6 heteroatoms. The van der Waals surface area contributed by atoms with Crippen LogP contribution in [-0.2, 0) is 11.3 Å². The van der Waals surface area contributed by atoms with E-state index in [4.69, 9.17) is 9.47 Å². The number of nitrogens with zero attached hydrogens (tertiary/aromatic N) is 2. The van der Waals surface area contributed by atoms with Crippen LogP contribution in [0.3, 0.4) is 0 Å². The van der Waals surface area contributed by atoms with E-state index >= 15 is 0 Å². The van der Waals surface area contributed by atoms with Crippen LogP contribution < -0.4 is 10.1 Å². The Balaban J connectivity index is 1.29. The minimum atomic E-state index is -0.0900. The lowest BCUT2D eigenvalue weighted by molar-refractivity contribution is 0.0679. The standard InChI is InChI=1S/C22H25N3O3/c1-16-24-20-6-2-3-7-21(20)25(16)13-12-23-22(26)17-8-10-18(11-9-17)28-15-19-5-4-14-27-19/h2-3,6-11,19H,4-5,12-15H2,1H3,(H,23,26). The Labute approximate surface area is 164 Å². The molecule has 1 aliphatic heterocycles. The van der Waals surface area contributed by atoms with Crippen molar-refractivity contribution in [1.29, 1.82) is 0 Å². The highest BCUT2D eigenvalue weighted by molar-refractivity contribution is 5.94. The van der Waals surface area contributed by atoms with E-state index in [9.17, 15) is 4.79 Å². The lowest BCUT2D eigenvalue weighted by atomic mass is 10.2. The van der Waals surface area contributed by atoms with Gasteiger partial charge in [-0.15, -0.1) is 0 Å². The zero-order chi connectivity index (χ0) is 19.3. The van der Waals surface area contributed by atoms with E-state index in [2.05, 4.69) is 14.9 Å². The van der Waals surface area contributed by atoms with Crippen LogP contribution in [-0.4, -0.2) is 41.3 Å². The summed E-state index contributed by atoms with van der Waals surface area (Å²) in [6.45, 7) is 4.58. The van der Waals surface area contributed by atoms with Gasteiger partial charge in [0.2, 0.25) is 0 Å². The van der Waals surface area contributed by atoms with Crippen molar-refractivity contribution in [2.45, 2.75) is 32.4 Å². The summed E-state index contributed by atoms with van der Waals surface area (Å²) in [5, 5.41) is 2.98.